The van der Waals surface area contributed by atoms with E-state index in [-0.39, 0.29) is 6.04 Å². The van der Waals surface area contributed by atoms with Crippen LogP contribution in [0.1, 0.15) is 37.0 Å². The monoisotopic (exact) mass is 263 g/mol. The highest BCUT2D eigenvalue weighted by molar-refractivity contribution is 6.30. The van der Waals surface area contributed by atoms with Gasteiger partial charge in [0.15, 0.2) is 0 Å². The third kappa shape index (κ3) is 3.37. The highest BCUT2D eigenvalue weighted by Gasteiger charge is 2.07. The summed E-state index contributed by atoms with van der Waals surface area (Å²) in [6.07, 6.45) is 0.934. The molecule has 0 aliphatic rings. The molecule has 1 atom stereocenters. The van der Waals surface area contributed by atoms with Gasteiger partial charge in [-0.2, -0.15) is 0 Å². The van der Waals surface area contributed by atoms with Crippen LogP contribution in [0.4, 0.5) is 0 Å². The molecule has 0 amide bonds. The molecule has 0 bridgehead atoms. The zero-order chi connectivity index (χ0) is 13.0. The molecule has 1 heterocycles. The van der Waals surface area contributed by atoms with E-state index in [1.165, 1.54) is 5.56 Å². The van der Waals surface area contributed by atoms with E-state index >= 15 is 0 Å². The van der Waals surface area contributed by atoms with Crippen LogP contribution >= 0.6 is 11.6 Å². The number of halogens is 1. The molecule has 1 aromatic heterocycles. The molecule has 0 spiro atoms. The van der Waals surface area contributed by atoms with Crippen LogP contribution in [0.5, 0.6) is 0 Å². The predicted octanol–water partition coefficient (Wildman–Crippen LogP) is 4.35. The largest absolute Gasteiger partial charge is 0.465 e. The first-order valence-corrected chi connectivity index (χ1v) is 6.63. The van der Waals surface area contributed by atoms with E-state index in [1.807, 2.05) is 30.3 Å². The maximum atomic E-state index is 5.98. The van der Waals surface area contributed by atoms with Gasteiger partial charge in [-0.05, 0) is 36.8 Å². The van der Waals surface area contributed by atoms with Gasteiger partial charge in [0.25, 0.3) is 0 Å². The fraction of sp³-hybridized carbons (Fsp3) is 0.333. The van der Waals surface area contributed by atoms with Crippen molar-refractivity contribution in [3.63, 3.8) is 0 Å². The minimum absolute atomic E-state index is 0.249. The quantitative estimate of drug-likeness (QED) is 0.868. The van der Waals surface area contributed by atoms with Crippen LogP contribution in [0, 0.1) is 0 Å². The Labute approximate surface area is 113 Å². The van der Waals surface area contributed by atoms with Crippen LogP contribution in [-0.2, 0) is 13.0 Å². The van der Waals surface area contributed by atoms with Crippen LogP contribution in [0.3, 0.4) is 0 Å². The summed E-state index contributed by atoms with van der Waals surface area (Å²) in [6, 6.07) is 12.2. The van der Waals surface area contributed by atoms with Crippen molar-refractivity contribution in [2.75, 3.05) is 0 Å². The molecular formula is C15H18ClNO. The summed E-state index contributed by atoms with van der Waals surface area (Å²) in [5.74, 6) is 2.00. The van der Waals surface area contributed by atoms with Gasteiger partial charge in [-0.25, -0.2) is 0 Å². The van der Waals surface area contributed by atoms with Gasteiger partial charge in [0, 0.05) is 17.5 Å². The molecule has 0 aliphatic carbocycles. The number of rotatable bonds is 5. The average molecular weight is 264 g/mol. The van der Waals surface area contributed by atoms with Gasteiger partial charge < -0.3 is 9.73 Å². The second-order valence-corrected chi connectivity index (χ2v) is 4.82. The zero-order valence-electron chi connectivity index (χ0n) is 10.7. The van der Waals surface area contributed by atoms with Crippen molar-refractivity contribution in [2.45, 2.75) is 32.9 Å². The number of benzene rings is 1. The third-order valence-corrected chi connectivity index (χ3v) is 3.23. The second kappa shape index (κ2) is 6.07. The third-order valence-electron chi connectivity index (χ3n) is 3.00. The molecule has 2 rings (SSSR count). The van der Waals surface area contributed by atoms with Gasteiger partial charge in [0.1, 0.15) is 11.5 Å². The first-order chi connectivity index (χ1) is 8.69. The van der Waals surface area contributed by atoms with Crippen molar-refractivity contribution < 1.29 is 4.42 Å². The van der Waals surface area contributed by atoms with E-state index in [0.29, 0.717) is 0 Å². The summed E-state index contributed by atoms with van der Waals surface area (Å²) < 4.78 is 5.65. The van der Waals surface area contributed by atoms with Crippen LogP contribution in [0.25, 0.3) is 0 Å². The van der Waals surface area contributed by atoms with Gasteiger partial charge in [-0.15, -0.1) is 0 Å². The Bertz CT molecular complexity index is 507. The molecular weight excluding hydrogens is 246 g/mol. The highest BCUT2D eigenvalue weighted by Crippen LogP contribution is 2.18. The number of hydrogen-bond donors (Lipinski definition) is 1. The average Bonchev–Trinajstić information content (AvgIpc) is 2.84. The Hall–Kier alpha value is -1.25. The van der Waals surface area contributed by atoms with Crippen molar-refractivity contribution >= 4 is 11.6 Å². The molecule has 0 saturated carbocycles. The fourth-order valence-electron chi connectivity index (χ4n) is 1.85. The van der Waals surface area contributed by atoms with E-state index < -0.39 is 0 Å². The molecule has 3 heteroatoms. The summed E-state index contributed by atoms with van der Waals surface area (Å²) >= 11 is 5.98. The minimum Gasteiger partial charge on any atom is -0.465 e. The zero-order valence-corrected chi connectivity index (χ0v) is 11.5. The van der Waals surface area contributed by atoms with Crippen LogP contribution in [0.15, 0.2) is 40.8 Å². The first kappa shape index (κ1) is 13.2. The van der Waals surface area contributed by atoms with Crippen molar-refractivity contribution in [1.29, 1.82) is 0 Å². The van der Waals surface area contributed by atoms with Crippen molar-refractivity contribution in [1.82, 2.24) is 5.32 Å². The minimum atomic E-state index is 0.249. The predicted molar refractivity (Wildman–Crippen MR) is 74.8 cm³/mol. The maximum absolute atomic E-state index is 5.98. The lowest BCUT2D eigenvalue weighted by molar-refractivity contribution is 0.435. The summed E-state index contributed by atoms with van der Waals surface area (Å²) in [6.45, 7) is 4.94. The van der Waals surface area contributed by atoms with Gasteiger partial charge in [0.2, 0.25) is 0 Å². The van der Waals surface area contributed by atoms with E-state index in [2.05, 4.69) is 25.2 Å². The SMILES string of the molecule is CCc1ccc(CN[C@@H](C)c2cccc(Cl)c2)o1. The lowest BCUT2D eigenvalue weighted by Crippen LogP contribution is -2.17. The molecule has 0 radical (unpaired) electrons. The molecule has 0 saturated heterocycles. The number of aryl methyl sites for hydroxylation is 1. The Balaban J connectivity index is 1.93. The Kier molecular flexibility index (Phi) is 4.45. The van der Waals surface area contributed by atoms with Gasteiger partial charge in [0.05, 0.1) is 6.54 Å². The van der Waals surface area contributed by atoms with E-state index in [0.717, 1.165) is 29.5 Å². The molecule has 1 aromatic carbocycles. The van der Waals surface area contributed by atoms with E-state index in [4.69, 9.17) is 16.0 Å². The summed E-state index contributed by atoms with van der Waals surface area (Å²) in [7, 11) is 0. The Morgan fingerprint density at radius 3 is 2.67 bits per heavy atom. The molecule has 2 nitrogen and oxygen atoms in total. The molecule has 0 unspecified atom stereocenters. The first-order valence-electron chi connectivity index (χ1n) is 6.25. The van der Waals surface area contributed by atoms with Crippen molar-refractivity contribution in [2.24, 2.45) is 0 Å². The lowest BCUT2D eigenvalue weighted by atomic mass is 10.1. The fourth-order valence-corrected chi connectivity index (χ4v) is 2.05. The lowest BCUT2D eigenvalue weighted by Gasteiger charge is -2.13. The Morgan fingerprint density at radius 1 is 1.22 bits per heavy atom. The number of nitrogens with one attached hydrogen (secondary N) is 1. The van der Waals surface area contributed by atoms with Crippen molar-refractivity contribution in [3.8, 4) is 0 Å². The number of hydrogen-bond acceptors (Lipinski definition) is 2. The van der Waals surface area contributed by atoms with E-state index in [9.17, 15) is 0 Å². The van der Waals surface area contributed by atoms with Crippen molar-refractivity contribution in [3.05, 3.63) is 58.5 Å². The number of furan rings is 1. The highest BCUT2D eigenvalue weighted by atomic mass is 35.5. The smallest absolute Gasteiger partial charge is 0.117 e. The molecule has 96 valence electrons. The van der Waals surface area contributed by atoms with Gasteiger partial charge in [-0.3, -0.25) is 0 Å². The molecule has 18 heavy (non-hydrogen) atoms. The summed E-state index contributed by atoms with van der Waals surface area (Å²) in [5, 5.41) is 4.20. The topological polar surface area (TPSA) is 25.2 Å². The molecule has 1 N–H and O–H groups in total. The van der Waals surface area contributed by atoms with E-state index in [1.54, 1.807) is 0 Å². The van der Waals surface area contributed by atoms with Crippen LogP contribution in [-0.4, -0.2) is 0 Å². The summed E-state index contributed by atoms with van der Waals surface area (Å²) in [4.78, 5) is 0. The van der Waals surface area contributed by atoms with Gasteiger partial charge >= 0.3 is 0 Å². The van der Waals surface area contributed by atoms with Gasteiger partial charge in [-0.1, -0.05) is 30.7 Å². The van der Waals surface area contributed by atoms with Crippen LogP contribution < -0.4 is 5.32 Å². The Morgan fingerprint density at radius 2 is 2.00 bits per heavy atom. The second-order valence-electron chi connectivity index (χ2n) is 4.38. The van der Waals surface area contributed by atoms with Crippen LogP contribution in [0.2, 0.25) is 5.02 Å². The normalized spacial score (nSPS) is 12.6. The standard InChI is InChI=1S/C15H18ClNO/c1-3-14-7-8-15(18-14)10-17-11(2)12-5-4-6-13(16)9-12/h4-9,11,17H,3,10H2,1-2H3/t11-/m0/s1. The summed E-state index contributed by atoms with van der Waals surface area (Å²) in [5.41, 5.74) is 1.18. The maximum Gasteiger partial charge on any atom is 0.117 e. The molecule has 0 aliphatic heterocycles. The molecule has 2 aromatic rings. The molecule has 0 fully saturated rings.